The zero-order valence-electron chi connectivity index (χ0n) is 43.5. The predicted octanol–water partition coefficient (Wildman–Crippen LogP) is 5.42. The van der Waals surface area contributed by atoms with Gasteiger partial charge in [0.2, 0.25) is 5.91 Å². The molecule has 0 radical (unpaired) electrons. The van der Waals surface area contributed by atoms with Gasteiger partial charge in [0.05, 0.1) is 55.1 Å². The number of cyclic esters (lactones) is 1. The van der Waals surface area contributed by atoms with Crippen molar-refractivity contribution >= 4 is 34.6 Å². The minimum absolute atomic E-state index is 0.0804. The number of rotatable bonds is 8. The van der Waals surface area contributed by atoms with Crippen LogP contribution in [0.15, 0.2) is 54.7 Å². The number of methoxy groups -OCH3 is 1. The van der Waals surface area contributed by atoms with Gasteiger partial charge in [-0.2, -0.15) is 0 Å². The highest BCUT2D eigenvalue weighted by atomic mass is 16.5. The van der Waals surface area contributed by atoms with Gasteiger partial charge >= 0.3 is 5.97 Å². The number of carbonyl (C=O) groups is 4. The molecule has 1 spiro atoms. The van der Waals surface area contributed by atoms with Gasteiger partial charge in [0.1, 0.15) is 12.1 Å². The Morgan fingerprint density at radius 3 is 2.62 bits per heavy atom. The second-order valence-electron chi connectivity index (χ2n) is 21.9. The van der Waals surface area contributed by atoms with Crippen LogP contribution in [-0.2, 0) is 52.8 Å². The van der Waals surface area contributed by atoms with E-state index < -0.39 is 29.5 Å². The van der Waals surface area contributed by atoms with Crippen LogP contribution < -0.4 is 10.7 Å². The molecule has 4 aromatic rings. The van der Waals surface area contributed by atoms with Crippen LogP contribution in [0.5, 0.6) is 0 Å². The van der Waals surface area contributed by atoms with Crippen molar-refractivity contribution in [1.29, 1.82) is 0 Å². The van der Waals surface area contributed by atoms with Crippen LogP contribution in [0.1, 0.15) is 90.3 Å². The third kappa shape index (κ3) is 10.7. The largest absolute Gasteiger partial charge is 0.464 e. The number of aromatic nitrogens is 3. The zero-order chi connectivity index (χ0) is 50.9. The van der Waals surface area contributed by atoms with Gasteiger partial charge in [-0.25, -0.2) is 5.43 Å². The summed E-state index contributed by atoms with van der Waals surface area (Å²) >= 11 is 0. The molecule has 16 nitrogen and oxygen atoms in total. The summed E-state index contributed by atoms with van der Waals surface area (Å²) in [5.74, 6) is 4.78. The first-order chi connectivity index (χ1) is 34.6. The molecule has 5 aliphatic heterocycles. The second kappa shape index (κ2) is 21.4. The molecule has 384 valence electrons. The van der Waals surface area contributed by atoms with E-state index in [4.69, 9.17) is 24.2 Å². The molecule has 6 atom stereocenters. The number of ether oxygens (including phenoxy) is 3. The van der Waals surface area contributed by atoms with Gasteiger partial charge in [-0.15, -0.1) is 0 Å². The lowest BCUT2D eigenvalue weighted by molar-refractivity contribution is -0.155. The Bertz CT molecular complexity index is 2740. The standard InChI is InChI=1S/C56H73N9O7/c1-9-64-47-19-17-38-29-42(47)43(51(64)41-14-11-23-57-49(41)37(4)70-8)31-55(5,6)35-72-54(69)45-16-12-24-65(60-45)53(68)46(30-39-13-10-15-44(38)58-39)59-52(67)50(36(2)3)63-26-22-56(34-63)21-25-62(33-56)48(66)20-18-40-32-71-28-27-61(40)7/h10-11,13-15,17,19,23,29,36-37,40,45-46,50,60H,9,12,16,21-22,24-28,30-35H2,1-8H3,(H,59,67)/t37-,40+,45-,46-,50-,56+/m0/s1. The van der Waals surface area contributed by atoms with Crippen LogP contribution >= 0.6 is 0 Å². The molecule has 72 heavy (non-hydrogen) atoms. The Morgan fingerprint density at radius 1 is 1.03 bits per heavy atom. The summed E-state index contributed by atoms with van der Waals surface area (Å²) in [6, 6.07) is 14.0. The highest BCUT2D eigenvalue weighted by Crippen LogP contribution is 2.43. The number of aryl methyl sites for hydroxylation is 1. The number of likely N-dealkylation sites (N-methyl/N-ethyl adjacent to an activating group) is 1. The van der Waals surface area contributed by atoms with Crippen molar-refractivity contribution in [3.63, 3.8) is 0 Å². The molecule has 1 aromatic carbocycles. The monoisotopic (exact) mass is 984 g/mol. The average molecular weight is 984 g/mol. The number of amides is 3. The minimum Gasteiger partial charge on any atom is -0.464 e. The maximum Gasteiger partial charge on any atom is 0.324 e. The number of fused-ring (bicyclic) bond motifs is 6. The number of benzene rings is 1. The number of likely N-dealkylation sites (tertiary alicyclic amines) is 2. The van der Waals surface area contributed by atoms with E-state index in [-0.39, 0.29) is 54.2 Å². The van der Waals surface area contributed by atoms with E-state index in [2.05, 4.69) is 82.0 Å². The fourth-order valence-electron chi connectivity index (χ4n) is 11.7. The van der Waals surface area contributed by atoms with Gasteiger partial charge in [0.15, 0.2) is 0 Å². The van der Waals surface area contributed by atoms with E-state index in [0.29, 0.717) is 77.4 Å². The second-order valence-corrected chi connectivity index (χ2v) is 21.9. The Hall–Kier alpha value is -5.70. The fraction of sp³-hybridized carbons (Fsp3) is 0.571. The molecular formula is C56H73N9O7. The van der Waals surface area contributed by atoms with Gasteiger partial charge in [0, 0.05) is 97.5 Å². The molecule has 8 heterocycles. The number of nitrogens with zero attached hydrogens (tertiary/aromatic N) is 7. The number of morpholine rings is 1. The Kier molecular flexibility index (Phi) is 15.2. The molecule has 0 saturated carbocycles. The van der Waals surface area contributed by atoms with Crippen molar-refractivity contribution in [2.75, 3.05) is 73.2 Å². The Labute approximate surface area is 424 Å². The third-order valence-corrected chi connectivity index (χ3v) is 15.7. The van der Waals surface area contributed by atoms with E-state index in [1.54, 1.807) is 13.3 Å². The molecule has 9 rings (SSSR count). The molecule has 2 N–H and O–H groups in total. The molecular weight excluding hydrogens is 911 g/mol. The molecule has 4 saturated heterocycles. The SMILES string of the molecule is CCn1c(-c2cccnc2[C@H](C)OC)c2c3cc(ccc31)-c1cccc(n1)C[C@H](NC(=O)[C@H](C(C)C)N1CC[C@@]3(CCN(C(=O)C#C[C@@H]4COCCN4C)C3)C1)C(=O)N1CCC[C@H](N1)C(=O)OCC(C)(C)C2. The van der Waals surface area contributed by atoms with Crippen molar-refractivity contribution in [3.05, 3.63) is 71.7 Å². The van der Waals surface area contributed by atoms with Gasteiger partial charge in [-0.3, -0.25) is 44.0 Å². The third-order valence-electron chi connectivity index (χ3n) is 15.7. The van der Waals surface area contributed by atoms with Crippen molar-refractivity contribution in [2.24, 2.45) is 16.7 Å². The van der Waals surface area contributed by atoms with E-state index in [9.17, 15) is 19.2 Å². The first-order valence-corrected chi connectivity index (χ1v) is 26.0. The highest BCUT2D eigenvalue weighted by Gasteiger charge is 2.48. The summed E-state index contributed by atoms with van der Waals surface area (Å²) in [4.78, 5) is 73.4. The molecule has 0 unspecified atom stereocenters. The summed E-state index contributed by atoms with van der Waals surface area (Å²) in [5.41, 5.74) is 9.93. The first-order valence-electron chi connectivity index (χ1n) is 26.0. The minimum atomic E-state index is -0.997. The van der Waals surface area contributed by atoms with Crippen LogP contribution in [0.4, 0.5) is 0 Å². The molecule has 4 fully saturated rings. The van der Waals surface area contributed by atoms with Crippen LogP contribution in [0, 0.1) is 28.6 Å². The Balaban J connectivity index is 1.02. The normalized spacial score (nSPS) is 25.0. The highest BCUT2D eigenvalue weighted by molar-refractivity contribution is 5.96. The van der Waals surface area contributed by atoms with E-state index >= 15 is 0 Å². The number of esters is 1. The molecule has 3 aromatic heterocycles. The molecule has 6 bridgehead atoms. The lowest BCUT2D eigenvalue weighted by atomic mass is 9.84. The van der Waals surface area contributed by atoms with Crippen LogP contribution in [0.3, 0.4) is 0 Å². The lowest BCUT2D eigenvalue weighted by Crippen LogP contribution is -2.62. The quantitative estimate of drug-likeness (QED) is 0.171. The number of pyridine rings is 2. The fourth-order valence-corrected chi connectivity index (χ4v) is 11.7. The molecule has 3 amide bonds. The molecule has 5 aliphatic rings. The van der Waals surface area contributed by atoms with Gasteiger partial charge < -0.3 is 29.0 Å². The van der Waals surface area contributed by atoms with Crippen LogP contribution in [-0.4, -0.2) is 155 Å². The van der Waals surface area contributed by atoms with Crippen LogP contribution in [0.25, 0.3) is 33.4 Å². The van der Waals surface area contributed by atoms with Gasteiger partial charge in [-0.05, 0) is 113 Å². The summed E-state index contributed by atoms with van der Waals surface area (Å²) in [6.45, 7) is 18.2. The predicted molar refractivity (Wildman–Crippen MR) is 275 cm³/mol. The summed E-state index contributed by atoms with van der Waals surface area (Å²) in [6.07, 6.45) is 5.02. The van der Waals surface area contributed by atoms with Crippen molar-refractivity contribution in [2.45, 2.75) is 117 Å². The van der Waals surface area contributed by atoms with Crippen LogP contribution in [0.2, 0.25) is 0 Å². The van der Waals surface area contributed by atoms with Crippen molar-refractivity contribution < 1.29 is 33.4 Å². The average Bonchev–Trinajstić information content (AvgIpc) is 4.08. The molecule has 16 heteroatoms. The smallest absolute Gasteiger partial charge is 0.324 e. The summed E-state index contributed by atoms with van der Waals surface area (Å²) < 4.78 is 19.9. The topological polar surface area (TPSA) is 164 Å². The number of hydrazine groups is 1. The maximum absolute atomic E-state index is 14.9. The number of hydrogen-bond acceptors (Lipinski definition) is 12. The number of nitrogens with one attached hydrogen (secondary N) is 2. The van der Waals surface area contributed by atoms with E-state index in [0.717, 1.165) is 64.1 Å². The zero-order valence-corrected chi connectivity index (χ0v) is 43.5. The molecule has 0 aliphatic carbocycles. The van der Waals surface area contributed by atoms with Crippen molar-refractivity contribution in [1.82, 2.24) is 45.0 Å². The number of carbonyl (C=O) groups excluding carboxylic acids is 4. The van der Waals surface area contributed by atoms with Gasteiger partial charge in [0.25, 0.3) is 11.8 Å². The summed E-state index contributed by atoms with van der Waals surface area (Å²) in [7, 11) is 3.70. The Morgan fingerprint density at radius 2 is 1.85 bits per heavy atom. The number of hydrogen-bond donors (Lipinski definition) is 2. The summed E-state index contributed by atoms with van der Waals surface area (Å²) in [5, 5.41) is 5.78. The van der Waals surface area contributed by atoms with Gasteiger partial charge in [-0.1, -0.05) is 45.7 Å². The van der Waals surface area contributed by atoms with E-state index in [1.807, 2.05) is 57.0 Å². The van der Waals surface area contributed by atoms with Crippen molar-refractivity contribution in [3.8, 4) is 34.4 Å². The van der Waals surface area contributed by atoms with E-state index in [1.165, 1.54) is 5.01 Å². The maximum atomic E-state index is 14.9. The first kappa shape index (κ1) is 51.2. The lowest BCUT2D eigenvalue weighted by Gasteiger charge is -2.37.